The highest BCUT2D eigenvalue weighted by atomic mass is 19.3. The van der Waals surface area contributed by atoms with E-state index in [-0.39, 0.29) is 29.5 Å². The molecule has 0 amide bonds. The van der Waals surface area contributed by atoms with Crippen molar-refractivity contribution >= 4 is 17.6 Å². The van der Waals surface area contributed by atoms with Gasteiger partial charge in [-0.15, -0.1) is 0 Å². The molecule has 0 saturated heterocycles. The van der Waals surface area contributed by atoms with E-state index in [9.17, 15) is 14.0 Å². The van der Waals surface area contributed by atoms with Crippen molar-refractivity contribution in [3.8, 4) is 17.6 Å². The van der Waals surface area contributed by atoms with Gasteiger partial charge in [0, 0.05) is 17.9 Å². The summed E-state index contributed by atoms with van der Waals surface area (Å²) in [5.41, 5.74) is 0.442. The summed E-state index contributed by atoms with van der Waals surface area (Å²) in [5.74, 6) is 0.550. The van der Waals surface area contributed by atoms with Gasteiger partial charge in [-0.25, -0.2) is 13.8 Å². The molecule has 0 unspecified atom stereocenters. The summed E-state index contributed by atoms with van der Waals surface area (Å²) in [6.07, 6.45) is 2.73. The lowest BCUT2D eigenvalue weighted by atomic mass is 10.0. The van der Waals surface area contributed by atoms with E-state index >= 15 is 0 Å². The molecule has 2 N–H and O–H groups in total. The Morgan fingerprint density at radius 2 is 1.87 bits per heavy atom. The average molecular weight is 423 g/mol. The summed E-state index contributed by atoms with van der Waals surface area (Å²) in [7, 11) is 0. The van der Waals surface area contributed by atoms with Crippen molar-refractivity contribution in [2.24, 2.45) is 0 Å². The molecule has 0 aliphatic heterocycles. The van der Waals surface area contributed by atoms with Crippen LogP contribution in [0, 0.1) is 11.3 Å². The van der Waals surface area contributed by atoms with E-state index < -0.39 is 17.5 Å². The van der Waals surface area contributed by atoms with Crippen LogP contribution in [0.4, 0.5) is 26.4 Å². The molecule has 158 valence electrons. The van der Waals surface area contributed by atoms with Crippen LogP contribution < -0.4 is 10.6 Å². The van der Waals surface area contributed by atoms with Crippen molar-refractivity contribution in [1.82, 2.24) is 29.9 Å². The molecule has 0 radical (unpaired) electrons. The van der Waals surface area contributed by atoms with Crippen LogP contribution in [0.5, 0.6) is 0 Å². The second kappa shape index (κ2) is 8.14. The van der Waals surface area contributed by atoms with E-state index in [1.54, 1.807) is 18.3 Å². The molecular formula is C20H19F2N9. The average Bonchev–Trinajstić information content (AvgIpc) is 3.55. The second-order valence-electron chi connectivity index (χ2n) is 7.48. The lowest BCUT2D eigenvalue weighted by molar-refractivity contribution is 0.145. The number of nitrogens with one attached hydrogen (secondary N) is 2. The molecule has 1 saturated carbocycles. The predicted molar refractivity (Wildman–Crippen MR) is 109 cm³/mol. The minimum Gasteiger partial charge on any atom is -0.352 e. The summed E-state index contributed by atoms with van der Waals surface area (Å²) in [6, 6.07) is 5.86. The number of anilines is 3. The van der Waals surface area contributed by atoms with Gasteiger partial charge in [0.15, 0.2) is 5.82 Å². The van der Waals surface area contributed by atoms with Gasteiger partial charge in [-0.1, -0.05) is 0 Å². The molecule has 0 aromatic carbocycles. The lowest BCUT2D eigenvalue weighted by Gasteiger charge is -2.13. The first kappa shape index (κ1) is 20.5. The molecule has 3 heterocycles. The monoisotopic (exact) mass is 423 g/mol. The first-order valence-electron chi connectivity index (χ1n) is 9.66. The summed E-state index contributed by atoms with van der Waals surface area (Å²) >= 11 is 0. The van der Waals surface area contributed by atoms with Crippen LogP contribution in [0.2, 0.25) is 0 Å². The Hall–Kier alpha value is -3.81. The van der Waals surface area contributed by atoms with Crippen LogP contribution in [0.25, 0.3) is 11.5 Å². The Morgan fingerprint density at radius 3 is 2.55 bits per heavy atom. The second-order valence-corrected chi connectivity index (χ2v) is 7.48. The zero-order valence-electron chi connectivity index (χ0n) is 16.8. The number of aromatic nitrogens is 6. The maximum absolute atomic E-state index is 13.0. The van der Waals surface area contributed by atoms with Crippen molar-refractivity contribution in [2.45, 2.75) is 44.6 Å². The fourth-order valence-electron chi connectivity index (χ4n) is 2.91. The van der Waals surface area contributed by atoms with Gasteiger partial charge < -0.3 is 10.6 Å². The standard InChI is InChI=1S/C20H19F2N9/c1-11(2)26-18-29-17(14-9-24-8-13(28-14)16(21)22)30-19(31-18)27-12-3-6-25-15(7-12)20(10-23)4-5-20/h3,6-9,11,16H,4-5H2,1-2H3,(H2,25,26,27,29,30,31). The smallest absolute Gasteiger partial charge is 0.281 e. The first-order chi connectivity index (χ1) is 14.9. The van der Waals surface area contributed by atoms with E-state index in [0.717, 1.165) is 19.0 Å². The zero-order valence-corrected chi connectivity index (χ0v) is 16.8. The van der Waals surface area contributed by atoms with Gasteiger partial charge in [-0.2, -0.15) is 20.2 Å². The van der Waals surface area contributed by atoms with Gasteiger partial charge in [0.1, 0.15) is 11.4 Å². The van der Waals surface area contributed by atoms with E-state index in [0.29, 0.717) is 11.4 Å². The van der Waals surface area contributed by atoms with E-state index in [1.165, 1.54) is 6.20 Å². The normalized spacial score (nSPS) is 14.4. The number of hydrogen-bond donors (Lipinski definition) is 2. The van der Waals surface area contributed by atoms with Gasteiger partial charge in [0.25, 0.3) is 6.43 Å². The number of halogens is 2. The van der Waals surface area contributed by atoms with Crippen molar-refractivity contribution < 1.29 is 8.78 Å². The van der Waals surface area contributed by atoms with Gasteiger partial charge in [0.05, 0.1) is 29.6 Å². The molecule has 31 heavy (non-hydrogen) atoms. The topological polar surface area (TPSA) is 125 Å². The highest BCUT2D eigenvalue weighted by Crippen LogP contribution is 2.47. The fraction of sp³-hybridized carbons (Fsp3) is 0.350. The number of nitriles is 1. The quantitative estimate of drug-likeness (QED) is 0.584. The Morgan fingerprint density at radius 1 is 1.10 bits per heavy atom. The number of pyridine rings is 1. The Kier molecular flexibility index (Phi) is 5.37. The van der Waals surface area contributed by atoms with Crippen LogP contribution >= 0.6 is 0 Å². The molecule has 3 aromatic heterocycles. The van der Waals surface area contributed by atoms with Crippen molar-refractivity contribution in [3.05, 3.63) is 42.1 Å². The van der Waals surface area contributed by atoms with Crippen molar-refractivity contribution in [1.29, 1.82) is 5.26 Å². The number of hydrogen-bond acceptors (Lipinski definition) is 9. The largest absolute Gasteiger partial charge is 0.352 e. The molecule has 0 bridgehead atoms. The molecule has 1 aliphatic rings. The molecule has 0 atom stereocenters. The summed E-state index contributed by atoms with van der Waals surface area (Å²) in [5, 5.41) is 15.6. The highest BCUT2D eigenvalue weighted by molar-refractivity contribution is 5.59. The third-order valence-corrected chi connectivity index (χ3v) is 4.63. The SMILES string of the molecule is CC(C)Nc1nc(Nc2ccnc(C3(C#N)CC3)c2)nc(-c2cncc(C(F)F)n2)n1. The zero-order chi connectivity index (χ0) is 22.0. The maximum Gasteiger partial charge on any atom is 0.281 e. The minimum absolute atomic E-state index is 0.0273. The lowest BCUT2D eigenvalue weighted by Crippen LogP contribution is -2.15. The molecular weight excluding hydrogens is 404 g/mol. The van der Waals surface area contributed by atoms with E-state index in [2.05, 4.69) is 46.6 Å². The Bertz CT molecular complexity index is 1140. The molecule has 11 heteroatoms. The summed E-state index contributed by atoms with van der Waals surface area (Å²) < 4.78 is 26.1. The van der Waals surface area contributed by atoms with Crippen LogP contribution in [0.3, 0.4) is 0 Å². The predicted octanol–water partition coefficient (Wildman–Crippen LogP) is 3.78. The van der Waals surface area contributed by atoms with Crippen LogP contribution in [-0.2, 0) is 5.41 Å². The van der Waals surface area contributed by atoms with Crippen LogP contribution in [0.1, 0.15) is 44.5 Å². The molecule has 9 nitrogen and oxygen atoms in total. The first-order valence-corrected chi connectivity index (χ1v) is 9.66. The molecule has 3 aromatic rings. The minimum atomic E-state index is -2.76. The van der Waals surface area contributed by atoms with Crippen molar-refractivity contribution in [2.75, 3.05) is 10.6 Å². The van der Waals surface area contributed by atoms with Crippen LogP contribution in [0.15, 0.2) is 30.7 Å². The van der Waals surface area contributed by atoms with Gasteiger partial charge >= 0.3 is 0 Å². The molecule has 4 rings (SSSR count). The summed E-state index contributed by atoms with van der Waals surface area (Å²) in [6.45, 7) is 3.83. The Balaban J connectivity index is 1.69. The Labute approximate surface area is 177 Å². The van der Waals surface area contributed by atoms with E-state index in [4.69, 9.17) is 0 Å². The highest BCUT2D eigenvalue weighted by Gasteiger charge is 2.46. The molecule has 1 fully saturated rings. The van der Waals surface area contributed by atoms with E-state index in [1.807, 2.05) is 13.8 Å². The van der Waals surface area contributed by atoms with Gasteiger partial charge in [-0.3, -0.25) is 9.97 Å². The van der Waals surface area contributed by atoms with Gasteiger partial charge in [-0.05, 0) is 38.8 Å². The van der Waals surface area contributed by atoms with Crippen molar-refractivity contribution in [3.63, 3.8) is 0 Å². The maximum atomic E-state index is 13.0. The van der Waals surface area contributed by atoms with Gasteiger partial charge in [0.2, 0.25) is 11.9 Å². The molecule has 1 aliphatic carbocycles. The third-order valence-electron chi connectivity index (χ3n) is 4.63. The number of alkyl halides is 2. The number of nitrogens with zero attached hydrogens (tertiary/aromatic N) is 7. The molecule has 0 spiro atoms. The fourth-order valence-corrected chi connectivity index (χ4v) is 2.91. The third kappa shape index (κ3) is 4.53. The summed E-state index contributed by atoms with van der Waals surface area (Å²) in [4.78, 5) is 25.0. The number of rotatable bonds is 7. The van der Waals surface area contributed by atoms with Crippen LogP contribution in [-0.4, -0.2) is 35.9 Å².